The minimum atomic E-state index is -1.34. The largest absolute Gasteiger partial charge is 0.366 e. The van der Waals surface area contributed by atoms with E-state index in [2.05, 4.69) is 37.8 Å². The lowest BCUT2D eigenvalue weighted by atomic mass is 9.95. The second-order valence-electron chi connectivity index (χ2n) is 9.66. The maximum absolute atomic E-state index is 14.1. The monoisotopic (exact) mass is 506 g/mol. The Labute approximate surface area is 211 Å². The van der Waals surface area contributed by atoms with Crippen LogP contribution in [-0.4, -0.2) is 44.1 Å². The molecule has 0 aromatic carbocycles. The van der Waals surface area contributed by atoms with Crippen molar-refractivity contribution in [2.24, 2.45) is 5.92 Å². The van der Waals surface area contributed by atoms with Crippen molar-refractivity contribution in [2.45, 2.75) is 38.1 Å². The number of hydrogen-bond donors (Lipinski definition) is 3. The van der Waals surface area contributed by atoms with Crippen LogP contribution in [0.3, 0.4) is 0 Å². The zero-order valence-corrected chi connectivity index (χ0v) is 20.1. The van der Waals surface area contributed by atoms with Gasteiger partial charge in [-0.15, -0.1) is 0 Å². The van der Waals surface area contributed by atoms with Gasteiger partial charge in [0.05, 0.1) is 11.7 Å². The normalized spacial score (nSPS) is 19.7. The summed E-state index contributed by atoms with van der Waals surface area (Å²) in [5.74, 6) is -2.17. The van der Waals surface area contributed by atoms with Crippen molar-refractivity contribution >= 4 is 28.4 Å². The third kappa shape index (κ3) is 4.78. The van der Waals surface area contributed by atoms with Gasteiger partial charge in [0.2, 0.25) is 11.8 Å². The first-order chi connectivity index (χ1) is 18.0. The number of fused-ring (bicyclic) bond motifs is 1. The zero-order chi connectivity index (χ0) is 25.5. The fraction of sp³-hybridized carbons (Fsp3) is 0.346. The van der Waals surface area contributed by atoms with E-state index in [9.17, 15) is 13.2 Å². The maximum Gasteiger partial charge on any atom is 0.217 e. The van der Waals surface area contributed by atoms with E-state index in [1.165, 1.54) is 6.20 Å². The van der Waals surface area contributed by atoms with Crippen molar-refractivity contribution in [1.29, 1.82) is 0 Å². The van der Waals surface area contributed by atoms with Crippen LogP contribution in [0.15, 0.2) is 36.8 Å². The quantitative estimate of drug-likeness (QED) is 0.317. The first kappa shape index (κ1) is 23.5. The molecule has 2 fully saturated rings. The Hall–Kier alpha value is -3.86. The van der Waals surface area contributed by atoms with Crippen LogP contribution in [0, 0.1) is 23.5 Å². The number of rotatable bonds is 6. The van der Waals surface area contributed by atoms with Crippen LogP contribution in [0.1, 0.15) is 37.7 Å². The number of piperidine rings is 1. The van der Waals surface area contributed by atoms with E-state index in [0.717, 1.165) is 54.6 Å². The smallest absolute Gasteiger partial charge is 0.217 e. The topological polar surface area (TPSA) is 101 Å². The van der Waals surface area contributed by atoms with Gasteiger partial charge in [-0.25, -0.2) is 19.3 Å². The van der Waals surface area contributed by atoms with Crippen LogP contribution in [0.4, 0.5) is 30.6 Å². The Kier molecular flexibility index (Phi) is 6.07. The summed E-state index contributed by atoms with van der Waals surface area (Å²) < 4.78 is 41.3. The van der Waals surface area contributed by atoms with Gasteiger partial charge in [-0.3, -0.25) is 4.98 Å². The molecule has 1 aliphatic heterocycles. The molecule has 190 valence electrons. The molecule has 0 unspecified atom stereocenters. The molecule has 11 heteroatoms. The molecular formula is C26H25F3N8. The van der Waals surface area contributed by atoms with Crippen LogP contribution in [0.5, 0.6) is 0 Å². The number of halogens is 3. The molecule has 0 amide bonds. The van der Waals surface area contributed by atoms with E-state index in [4.69, 9.17) is 9.97 Å². The number of nitrogens with zero attached hydrogens (tertiary/aromatic N) is 5. The van der Waals surface area contributed by atoms with E-state index >= 15 is 0 Å². The molecular weight excluding hydrogens is 481 g/mol. The van der Waals surface area contributed by atoms with Gasteiger partial charge >= 0.3 is 0 Å². The maximum atomic E-state index is 14.1. The number of pyridine rings is 3. The first-order valence-corrected chi connectivity index (χ1v) is 12.3. The summed E-state index contributed by atoms with van der Waals surface area (Å²) in [5, 5.41) is 10.7. The van der Waals surface area contributed by atoms with Crippen LogP contribution in [0.2, 0.25) is 0 Å². The third-order valence-electron chi connectivity index (χ3n) is 6.91. The highest BCUT2D eigenvalue weighted by Crippen LogP contribution is 2.44. The molecule has 4 aromatic rings. The van der Waals surface area contributed by atoms with Crippen LogP contribution in [0.25, 0.3) is 22.3 Å². The molecule has 4 aromatic heterocycles. The molecule has 0 radical (unpaired) electrons. The Morgan fingerprint density at radius 1 is 1.00 bits per heavy atom. The summed E-state index contributed by atoms with van der Waals surface area (Å²) in [4.78, 5) is 21.7. The Morgan fingerprint density at radius 3 is 2.68 bits per heavy atom. The molecule has 5 heterocycles. The summed E-state index contributed by atoms with van der Waals surface area (Å²) in [7, 11) is 0. The molecule has 8 nitrogen and oxygen atoms in total. The van der Waals surface area contributed by atoms with E-state index in [0.29, 0.717) is 29.3 Å². The minimum absolute atomic E-state index is 0.143. The summed E-state index contributed by atoms with van der Waals surface area (Å²) in [5.41, 5.74) is 2.47. The van der Waals surface area contributed by atoms with Gasteiger partial charge in [-0.2, -0.15) is 13.8 Å². The van der Waals surface area contributed by atoms with Gasteiger partial charge in [-0.1, -0.05) is 6.92 Å². The van der Waals surface area contributed by atoms with Crippen LogP contribution >= 0.6 is 0 Å². The van der Waals surface area contributed by atoms with Gasteiger partial charge in [0.25, 0.3) is 0 Å². The summed E-state index contributed by atoms with van der Waals surface area (Å²) in [6, 6.07) is 3.94. The predicted octanol–water partition coefficient (Wildman–Crippen LogP) is 4.93. The fourth-order valence-electron chi connectivity index (χ4n) is 4.76. The van der Waals surface area contributed by atoms with Crippen molar-refractivity contribution in [3.8, 4) is 11.4 Å². The van der Waals surface area contributed by atoms with Crippen molar-refractivity contribution < 1.29 is 13.2 Å². The van der Waals surface area contributed by atoms with Crippen molar-refractivity contribution in [1.82, 2.24) is 30.2 Å². The minimum Gasteiger partial charge on any atom is -0.366 e. The summed E-state index contributed by atoms with van der Waals surface area (Å²) >= 11 is 0. The second kappa shape index (κ2) is 9.55. The molecule has 2 atom stereocenters. The Balaban J connectivity index is 1.41. The summed E-state index contributed by atoms with van der Waals surface area (Å²) in [6.07, 6.45) is 8.34. The van der Waals surface area contributed by atoms with E-state index < -0.39 is 23.4 Å². The molecule has 37 heavy (non-hydrogen) atoms. The zero-order valence-electron chi connectivity index (χ0n) is 20.1. The van der Waals surface area contributed by atoms with E-state index in [1.54, 1.807) is 18.3 Å². The molecule has 3 N–H and O–H groups in total. The van der Waals surface area contributed by atoms with Crippen LogP contribution in [-0.2, 0) is 0 Å². The average Bonchev–Trinajstić information content (AvgIpc) is 3.74. The lowest BCUT2D eigenvalue weighted by Crippen LogP contribution is -2.42. The highest BCUT2D eigenvalue weighted by molar-refractivity contribution is 5.93. The van der Waals surface area contributed by atoms with Gasteiger partial charge in [0.15, 0.2) is 17.5 Å². The third-order valence-corrected chi connectivity index (χ3v) is 6.91. The van der Waals surface area contributed by atoms with Gasteiger partial charge in [0, 0.05) is 35.5 Å². The molecule has 0 bridgehead atoms. The highest BCUT2D eigenvalue weighted by atomic mass is 19.2. The lowest BCUT2D eigenvalue weighted by Gasteiger charge is -2.31. The van der Waals surface area contributed by atoms with Crippen molar-refractivity contribution in [2.75, 3.05) is 23.7 Å². The number of anilines is 3. The SMILES string of the molecule is C[C@@H]1CNCC[C@H]1Nc1nc(-c2ccnc(Nc3nc(F)cc(F)c3F)c2)nc2cncc(C3CC3)c12. The molecule has 2 aliphatic rings. The van der Waals surface area contributed by atoms with Gasteiger partial charge < -0.3 is 16.0 Å². The van der Waals surface area contributed by atoms with Crippen LogP contribution < -0.4 is 16.0 Å². The predicted molar refractivity (Wildman–Crippen MR) is 134 cm³/mol. The van der Waals surface area contributed by atoms with Gasteiger partial charge in [-0.05, 0) is 61.9 Å². The van der Waals surface area contributed by atoms with E-state index in [1.807, 2.05) is 6.20 Å². The number of nitrogens with one attached hydrogen (secondary N) is 3. The molecule has 6 rings (SSSR count). The second-order valence-corrected chi connectivity index (χ2v) is 9.66. The average molecular weight is 507 g/mol. The highest BCUT2D eigenvalue weighted by Gasteiger charge is 2.29. The molecule has 1 aliphatic carbocycles. The Bertz CT molecular complexity index is 1480. The number of aromatic nitrogens is 5. The fourth-order valence-corrected chi connectivity index (χ4v) is 4.76. The molecule has 1 saturated heterocycles. The first-order valence-electron chi connectivity index (χ1n) is 12.3. The lowest BCUT2D eigenvalue weighted by molar-refractivity contribution is 0.368. The summed E-state index contributed by atoms with van der Waals surface area (Å²) in [6.45, 7) is 4.06. The van der Waals surface area contributed by atoms with E-state index in [-0.39, 0.29) is 11.9 Å². The number of hydrogen-bond acceptors (Lipinski definition) is 8. The van der Waals surface area contributed by atoms with Crippen molar-refractivity contribution in [3.63, 3.8) is 0 Å². The molecule has 0 spiro atoms. The Morgan fingerprint density at radius 2 is 1.86 bits per heavy atom. The standard InChI is InChI=1S/C26H25F3N8/c1-13-10-30-6-5-18(13)33-25-22-16(14-2-3-14)11-31-12-19(22)34-24(37-25)15-4-7-32-21(8-15)36-26-23(29)17(27)9-20(28)35-26/h4,7-9,11-14,18,30H,2-3,5-6,10H2,1H3,(H,32,35,36)(H,33,34,37)/t13-,18-/m1/s1. The van der Waals surface area contributed by atoms with Crippen molar-refractivity contribution in [3.05, 3.63) is 59.9 Å². The molecule has 1 saturated carbocycles. The van der Waals surface area contributed by atoms with Gasteiger partial charge in [0.1, 0.15) is 11.6 Å².